The summed E-state index contributed by atoms with van der Waals surface area (Å²) in [5.74, 6) is -3.51. The molecule has 19 heteroatoms. The third-order valence-electron chi connectivity index (χ3n) is 13.5. The number of carboxylic acid groups (broad SMARTS) is 2. The van der Waals surface area contributed by atoms with Gasteiger partial charge in [-0.25, -0.2) is 14.0 Å². The average Bonchev–Trinajstić information content (AvgIpc) is 3.46. The highest BCUT2D eigenvalue weighted by Gasteiger charge is 2.32. The van der Waals surface area contributed by atoms with Gasteiger partial charge in [-0.1, -0.05) is 95.9 Å². The van der Waals surface area contributed by atoms with Crippen molar-refractivity contribution in [3.8, 4) is 0 Å². The molecule has 6 aromatic rings. The van der Waals surface area contributed by atoms with Gasteiger partial charge in [0.2, 0.25) is 0 Å². The molecule has 0 atom stereocenters. The smallest absolute Gasteiger partial charge is 0.416 e. The van der Waals surface area contributed by atoms with Crippen LogP contribution in [0, 0.1) is 5.82 Å². The SMILES string of the molecule is O=C(O)CCNC(=O)c1ccc(CN(C(=O)Nc2cc(F)cc(C(F)(F)F)c2)c2ccc(C3CCCCC3)cc2)cc1.O=C(O)CCNC(=O)c1ccc(CN(C(=O)Nc2cccc(Br)c2)c2ccc(C3=CCCCC3)cc2)cc1. The summed E-state index contributed by atoms with van der Waals surface area (Å²) in [7, 11) is 0. The van der Waals surface area contributed by atoms with Crippen molar-refractivity contribution in [2.75, 3.05) is 33.5 Å². The van der Waals surface area contributed by atoms with E-state index in [-0.39, 0.29) is 55.7 Å². The van der Waals surface area contributed by atoms with Gasteiger partial charge >= 0.3 is 30.2 Å². The van der Waals surface area contributed by atoms with Crippen LogP contribution >= 0.6 is 15.9 Å². The van der Waals surface area contributed by atoms with Gasteiger partial charge in [-0.05, 0) is 157 Å². The number of amides is 6. The zero-order valence-corrected chi connectivity index (χ0v) is 45.3. The first kappa shape index (κ1) is 59.3. The van der Waals surface area contributed by atoms with Gasteiger partial charge in [-0.15, -0.1) is 0 Å². The van der Waals surface area contributed by atoms with Crippen LogP contribution in [0.25, 0.3) is 5.57 Å². The summed E-state index contributed by atoms with van der Waals surface area (Å²) in [6, 6.07) is 37.0. The van der Waals surface area contributed by atoms with Crippen molar-refractivity contribution < 1.29 is 56.5 Å². The van der Waals surface area contributed by atoms with Crippen molar-refractivity contribution in [3.63, 3.8) is 0 Å². The highest BCUT2D eigenvalue weighted by Crippen LogP contribution is 2.35. The van der Waals surface area contributed by atoms with E-state index in [1.165, 1.54) is 47.4 Å². The molecular weight excluding hydrogens is 1100 g/mol. The Morgan fingerprint density at radius 1 is 0.588 bits per heavy atom. The third-order valence-corrected chi connectivity index (χ3v) is 14.0. The minimum atomic E-state index is -4.79. The quantitative estimate of drug-likeness (QED) is 0.0457. The third kappa shape index (κ3) is 17.9. The van der Waals surface area contributed by atoms with Gasteiger partial charge in [-0.3, -0.25) is 29.0 Å². The number of nitrogens with zero attached hydrogens (tertiary/aromatic N) is 2. The number of nitrogens with one attached hydrogen (secondary N) is 4. The number of hydrogen-bond donors (Lipinski definition) is 6. The Bertz CT molecular complexity index is 3150. The van der Waals surface area contributed by atoms with Crippen LogP contribution in [0.2, 0.25) is 0 Å². The first-order chi connectivity index (χ1) is 38.4. The van der Waals surface area contributed by atoms with Crippen molar-refractivity contribution in [1.29, 1.82) is 0 Å². The second-order valence-corrected chi connectivity index (χ2v) is 20.3. The van der Waals surface area contributed by atoms with E-state index in [0.717, 1.165) is 65.9 Å². The maximum Gasteiger partial charge on any atom is 0.416 e. The van der Waals surface area contributed by atoms with Gasteiger partial charge in [0.05, 0.1) is 31.5 Å². The lowest BCUT2D eigenvalue weighted by molar-refractivity contribution is -0.138. The summed E-state index contributed by atoms with van der Waals surface area (Å²) in [5.41, 5.74) is 6.19. The Balaban J connectivity index is 0.000000232. The number of carbonyl (C=O) groups is 6. The maximum absolute atomic E-state index is 14.0. The molecule has 80 heavy (non-hydrogen) atoms. The van der Waals surface area contributed by atoms with Crippen LogP contribution in [0.3, 0.4) is 0 Å². The van der Waals surface area contributed by atoms with E-state index in [2.05, 4.69) is 55.4 Å². The van der Waals surface area contributed by atoms with E-state index >= 15 is 0 Å². The molecule has 2 aliphatic carbocycles. The minimum Gasteiger partial charge on any atom is -0.481 e. The predicted molar refractivity (Wildman–Crippen MR) is 303 cm³/mol. The molecule has 8 rings (SSSR count). The fraction of sp³-hybridized carbons (Fsp3) is 0.279. The molecule has 0 heterocycles. The van der Waals surface area contributed by atoms with E-state index in [4.69, 9.17) is 10.2 Å². The van der Waals surface area contributed by atoms with Crippen LogP contribution < -0.4 is 31.1 Å². The van der Waals surface area contributed by atoms with Crippen LogP contribution in [0.15, 0.2) is 150 Å². The van der Waals surface area contributed by atoms with Crippen LogP contribution in [0.1, 0.15) is 125 Å². The van der Waals surface area contributed by atoms with Crippen LogP contribution in [-0.4, -0.2) is 59.1 Å². The highest BCUT2D eigenvalue weighted by molar-refractivity contribution is 9.10. The average molecular weight is 1160 g/mol. The molecule has 14 nitrogen and oxygen atoms in total. The molecule has 0 saturated heterocycles. The molecule has 0 bridgehead atoms. The molecule has 0 spiro atoms. The molecule has 0 aromatic heterocycles. The van der Waals surface area contributed by atoms with Crippen molar-refractivity contribution in [1.82, 2.24) is 10.6 Å². The molecule has 2 aliphatic rings. The number of carboxylic acids is 2. The van der Waals surface area contributed by atoms with Crippen LogP contribution in [0.4, 0.5) is 49.9 Å². The molecule has 6 N–H and O–H groups in total. The lowest BCUT2D eigenvalue weighted by Gasteiger charge is -2.26. The van der Waals surface area contributed by atoms with Gasteiger partial charge in [0, 0.05) is 51.4 Å². The molecule has 0 unspecified atom stereocenters. The van der Waals surface area contributed by atoms with Gasteiger partial charge in [0.15, 0.2) is 0 Å². The maximum atomic E-state index is 14.0. The summed E-state index contributed by atoms with van der Waals surface area (Å²) in [6.45, 7) is 0.322. The Hall–Kier alpha value is -8.32. The summed E-state index contributed by atoms with van der Waals surface area (Å²) >= 11 is 3.44. The van der Waals surface area contributed by atoms with E-state index in [9.17, 15) is 46.3 Å². The molecular formula is C61H61BrF4N6O8. The standard InChI is InChI=1S/C31H31F4N3O4.C30H30BrN3O4/c32-25-16-24(31(33,34)35)17-26(18-25)37-30(42)38(27-12-10-22(11-13-27)21-4-2-1-3-5-21)19-20-6-8-23(9-7-20)29(41)36-15-14-28(39)40;31-25-7-4-8-26(19-25)33-30(38)34(27-15-13-23(14-16-27)22-5-2-1-3-6-22)20-21-9-11-24(12-10-21)29(37)32-18-17-28(35)36/h6-13,16-18,21H,1-5,14-15,19H2,(H,36,41)(H,37,42)(H,39,40);4-5,7-16,19H,1-3,6,17-18,20H2,(H,32,37)(H,33,38)(H,35,36). The minimum absolute atomic E-state index is 0.00301. The number of hydrogen-bond acceptors (Lipinski definition) is 6. The van der Waals surface area contributed by atoms with E-state index in [0.29, 0.717) is 47.1 Å². The Morgan fingerprint density at radius 2 is 1.11 bits per heavy atom. The monoisotopic (exact) mass is 1160 g/mol. The first-order valence-corrected chi connectivity index (χ1v) is 27.1. The topological polar surface area (TPSA) is 197 Å². The summed E-state index contributed by atoms with van der Waals surface area (Å²) < 4.78 is 54.6. The number of alkyl halides is 3. The number of halogens is 5. The number of aliphatic carboxylic acids is 2. The predicted octanol–water partition coefficient (Wildman–Crippen LogP) is 14.2. The number of urea groups is 2. The van der Waals surface area contributed by atoms with Gasteiger partial charge < -0.3 is 31.5 Å². The molecule has 0 radical (unpaired) electrons. The second kappa shape index (κ2) is 28.5. The lowest BCUT2D eigenvalue weighted by Crippen LogP contribution is -2.34. The normalized spacial score (nSPS) is 13.3. The Kier molecular flexibility index (Phi) is 21.2. The van der Waals surface area contributed by atoms with Crippen LogP contribution in [0.5, 0.6) is 0 Å². The number of rotatable bonds is 18. The molecule has 6 aromatic carbocycles. The highest BCUT2D eigenvalue weighted by atomic mass is 79.9. The van der Waals surface area contributed by atoms with E-state index < -0.39 is 41.4 Å². The second-order valence-electron chi connectivity index (χ2n) is 19.4. The van der Waals surface area contributed by atoms with Gasteiger partial charge in [0.25, 0.3) is 11.8 Å². The Morgan fingerprint density at radius 3 is 1.60 bits per heavy atom. The number of benzene rings is 6. The number of carbonyl (C=O) groups excluding carboxylic acids is 4. The van der Waals surface area contributed by atoms with E-state index in [1.54, 1.807) is 53.4 Å². The van der Waals surface area contributed by atoms with Crippen molar-refractivity contribution in [2.45, 2.75) is 95.8 Å². The largest absolute Gasteiger partial charge is 0.481 e. The fourth-order valence-corrected chi connectivity index (χ4v) is 9.71. The Labute approximate surface area is 469 Å². The van der Waals surface area contributed by atoms with Crippen LogP contribution in [-0.2, 0) is 28.9 Å². The molecule has 1 fully saturated rings. The zero-order chi connectivity index (χ0) is 57.2. The lowest BCUT2D eigenvalue weighted by atomic mass is 9.84. The zero-order valence-electron chi connectivity index (χ0n) is 43.7. The molecule has 0 aliphatic heterocycles. The van der Waals surface area contributed by atoms with Crippen molar-refractivity contribution in [2.24, 2.45) is 0 Å². The summed E-state index contributed by atoms with van der Waals surface area (Å²) in [4.78, 5) is 75.8. The van der Waals surface area contributed by atoms with Crippen molar-refractivity contribution >= 4 is 80.1 Å². The molecule has 418 valence electrons. The molecule has 6 amide bonds. The summed E-state index contributed by atoms with van der Waals surface area (Å²) in [5, 5.41) is 28.0. The number of anilines is 4. The molecule has 1 saturated carbocycles. The van der Waals surface area contributed by atoms with E-state index in [1.807, 2.05) is 48.5 Å². The van der Waals surface area contributed by atoms with Crippen molar-refractivity contribution in [3.05, 3.63) is 195 Å². The first-order valence-electron chi connectivity index (χ1n) is 26.3. The van der Waals surface area contributed by atoms with Gasteiger partial charge in [-0.2, -0.15) is 13.2 Å². The van der Waals surface area contributed by atoms with Gasteiger partial charge in [0.1, 0.15) is 5.82 Å². The summed E-state index contributed by atoms with van der Waals surface area (Å²) in [6.07, 6.45) is 7.44. The number of allylic oxidation sites excluding steroid dienone is 2. The fourth-order valence-electron chi connectivity index (χ4n) is 9.31.